The molecule has 10 N–H and O–H groups in total. The number of halogens is 3. The van der Waals surface area contributed by atoms with Crippen molar-refractivity contribution < 1.29 is 87.4 Å². The number of nitrogens with zero attached hydrogens (tertiary/aromatic N) is 8. The van der Waals surface area contributed by atoms with Gasteiger partial charge in [0.15, 0.2) is 15.6 Å². The van der Waals surface area contributed by atoms with Gasteiger partial charge in [0.1, 0.15) is 53.2 Å². The molecule has 5 rings (SSSR count). The molecule has 0 fully saturated rings. The zero-order chi connectivity index (χ0) is 58.5. The lowest BCUT2D eigenvalue weighted by molar-refractivity contribution is -0.115. The van der Waals surface area contributed by atoms with Crippen LogP contribution in [0.15, 0.2) is 133 Å². The van der Waals surface area contributed by atoms with Gasteiger partial charge in [-0.15, -0.1) is 32.1 Å². The molecule has 420 valence electrons. The molecule has 0 heterocycles. The van der Waals surface area contributed by atoms with E-state index in [9.17, 15) is 78.6 Å². The van der Waals surface area contributed by atoms with E-state index in [1.54, 1.807) is 0 Å². The van der Waals surface area contributed by atoms with Crippen molar-refractivity contribution >= 4 is 185 Å². The summed E-state index contributed by atoms with van der Waals surface area (Å²) in [6.07, 6.45) is 0. The highest BCUT2D eigenvalue weighted by molar-refractivity contribution is 9.12. The number of nitrogens with two attached hydrogens (primary N) is 1. The van der Waals surface area contributed by atoms with Gasteiger partial charge >= 0.3 is 10.4 Å². The first kappa shape index (κ1) is 62.8. The number of anilines is 4. The molecule has 5 aromatic rings. The van der Waals surface area contributed by atoms with Gasteiger partial charge < -0.3 is 26.4 Å². The van der Waals surface area contributed by atoms with Crippen molar-refractivity contribution in [3.05, 3.63) is 72.8 Å². The maximum absolute atomic E-state index is 12.9. The van der Waals surface area contributed by atoms with E-state index in [1.807, 2.05) is 0 Å². The van der Waals surface area contributed by atoms with Crippen molar-refractivity contribution in [2.45, 2.75) is 29.3 Å². The lowest BCUT2D eigenvalue weighted by Crippen LogP contribution is -2.27. The van der Waals surface area contributed by atoms with Crippen LogP contribution in [0.3, 0.4) is 0 Å². The average molecular weight is 1350 g/mol. The summed E-state index contributed by atoms with van der Waals surface area (Å²) in [5, 5.41) is 30.1. The van der Waals surface area contributed by atoms with Gasteiger partial charge in [0.2, 0.25) is 17.8 Å². The van der Waals surface area contributed by atoms with Gasteiger partial charge in [-0.05, 0) is 78.8 Å². The van der Waals surface area contributed by atoms with Gasteiger partial charge in [-0.25, -0.2) is 22.6 Å². The first-order valence-electron chi connectivity index (χ1n) is 20.3. The second kappa shape index (κ2) is 24.5. The predicted molar refractivity (Wildman–Crippen MR) is 289 cm³/mol. The molecular formula is C38H36Br2ClN11O20S6. The van der Waals surface area contributed by atoms with Crippen molar-refractivity contribution in [3.8, 4) is 5.75 Å². The summed E-state index contributed by atoms with van der Waals surface area (Å²) in [6, 6.07) is 10.8. The minimum absolute atomic E-state index is 0.100. The largest absolute Gasteiger partial charge is 0.505 e. The second-order valence-electron chi connectivity index (χ2n) is 15.0. The van der Waals surface area contributed by atoms with Crippen LogP contribution < -0.4 is 21.3 Å². The first-order chi connectivity index (χ1) is 36.0. The first-order valence-corrected chi connectivity index (χ1v) is 31.6. The van der Waals surface area contributed by atoms with E-state index in [-0.39, 0.29) is 33.2 Å². The lowest BCUT2D eigenvalue weighted by Gasteiger charge is -2.19. The number of aromatic hydroxyl groups is 1. The predicted octanol–water partition coefficient (Wildman–Crippen LogP) is 5.79. The lowest BCUT2D eigenvalue weighted by atomic mass is 10.1. The minimum atomic E-state index is -5.57. The highest BCUT2D eigenvalue weighted by Crippen LogP contribution is 2.49. The summed E-state index contributed by atoms with van der Waals surface area (Å²) in [7, 11) is -29.3. The maximum Gasteiger partial charge on any atom is 0.397 e. The molecule has 0 aliphatic rings. The fourth-order valence-corrected chi connectivity index (χ4v) is 10.9. The number of phenolic OH excluding ortho intramolecular Hbond substituents is 1. The number of guanidine groups is 2. The number of amides is 1. The van der Waals surface area contributed by atoms with Crippen LogP contribution >= 0.6 is 43.5 Å². The van der Waals surface area contributed by atoms with Gasteiger partial charge in [0.25, 0.3) is 40.5 Å². The van der Waals surface area contributed by atoms with Crippen LogP contribution in [-0.4, -0.2) is 138 Å². The van der Waals surface area contributed by atoms with Crippen LogP contribution in [0.2, 0.25) is 0 Å². The molecule has 40 heteroatoms. The molecular weight excluding hydrogens is 1320 g/mol. The summed E-state index contributed by atoms with van der Waals surface area (Å²) in [5.74, 6) is -3.61. The number of phenols is 1. The fourth-order valence-electron chi connectivity index (χ4n) is 6.35. The Labute approximate surface area is 464 Å². The van der Waals surface area contributed by atoms with Crippen molar-refractivity contribution in [2.24, 2.45) is 35.4 Å². The Morgan fingerprint density at radius 3 is 1.74 bits per heavy atom. The Hall–Kier alpha value is -6.05. The molecule has 5 aromatic carbocycles. The molecule has 31 nitrogen and oxygen atoms in total. The Bertz CT molecular complexity index is 4100. The number of alkyl halides is 3. The van der Waals surface area contributed by atoms with Crippen LogP contribution in [0, 0.1) is 0 Å². The number of nitrogen functional groups attached to an aromatic ring is 1. The number of hydrogen-bond donors (Lipinski definition) is 9. The quantitative estimate of drug-likeness (QED) is 0.00898. The summed E-state index contributed by atoms with van der Waals surface area (Å²) in [6.45, 7) is 2.52. The average Bonchev–Trinajstić information content (AvgIpc) is 3.34. The van der Waals surface area contributed by atoms with Crippen LogP contribution in [0.5, 0.6) is 5.75 Å². The molecule has 0 aliphatic heterocycles. The third-order valence-electron chi connectivity index (χ3n) is 9.81. The molecule has 0 aliphatic carbocycles. The van der Waals surface area contributed by atoms with Crippen LogP contribution in [0.25, 0.3) is 10.8 Å². The Kier molecular flexibility index (Phi) is 19.8. The molecule has 1 amide bonds. The highest BCUT2D eigenvalue weighted by Gasteiger charge is 2.29. The zero-order valence-corrected chi connectivity index (χ0v) is 47.5. The van der Waals surface area contributed by atoms with E-state index in [0.29, 0.717) is 12.1 Å². The Morgan fingerprint density at radius 2 is 1.26 bits per heavy atom. The molecule has 0 spiro atoms. The molecule has 1 unspecified atom stereocenters. The fraction of sp³-hybridized carbons (Fsp3) is 0.158. The Morgan fingerprint density at radius 1 is 0.744 bits per heavy atom. The van der Waals surface area contributed by atoms with Gasteiger partial charge in [0, 0.05) is 29.4 Å². The van der Waals surface area contributed by atoms with E-state index in [0.717, 1.165) is 42.5 Å². The van der Waals surface area contributed by atoms with E-state index in [1.165, 1.54) is 30.1 Å². The van der Waals surface area contributed by atoms with Crippen LogP contribution in [-0.2, 0) is 69.7 Å². The van der Waals surface area contributed by atoms with Crippen LogP contribution in [0.4, 0.5) is 45.5 Å². The van der Waals surface area contributed by atoms with Crippen molar-refractivity contribution in [2.75, 3.05) is 52.0 Å². The highest BCUT2D eigenvalue weighted by atomic mass is 79.9. The zero-order valence-electron chi connectivity index (χ0n) is 38.7. The van der Waals surface area contributed by atoms with Crippen molar-refractivity contribution in [1.82, 2.24) is 0 Å². The van der Waals surface area contributed by atoms with E-state index >= 15 is 0 Å². The number of carbonyl (C=O) groups is 1. The second-order valence-corrected chi connectivity index (χ2v) is 25.8. The summed E-state index contributed by atoms with van der Waals surface area (Å²) in [4.78, 5) is 20.0. The number of fused-ring (bicyclic) bond motifs is 1. The standard InChI is InChI=1S/C38H36Br2ClN11O20S6/c1-43-38(52(2)22-4-3-5-23(16-22)73(55,56)11-10-72-78(69,70)71)47-37(44-18-41)46-21-7-9-28(75(60,61)62)26(15-21)49-51-34-30(77(66,67)68)13-19-12-29(76(63,64)65)33(32(42)31(19)35(34)53)50-48-25-14-20(45-36(54)24(40)17-39)6-8-27(25)74(57,58)59/h3-9,12-16,24,53H,1,10-11,17-18,42H2,2H3,(H,44,46)(H,45,54)(H,57,58,59)(H,60,61,62)(H,63,64,65)(H,66,67,68)(H,69,70,71)/b47-38+,50-48?,51-49?. The number of aliphatic imine (C=N–C) groups is 3. The van der Waals surface area contributed by atoms with E-state index in [2.05, 4.69) is 88.8 Å². The maximum atomic E-state index is 12.9. The summed E-state index contributed by atoms with van der Waals surface area (Å²) >= 11 is 12.1. The van der Waals surface area contributed by atoms with Crippen molar-refractivity contribution in [1.29, 1.82) is 0 Å². The number of azo groups is 2. The third kappa shape index (κ3) is 15.8. The minimum Gasteiger partial charge on any atom is -0.505 e. The number of benzene rings is 5. The molecule has 1 atom stereocenters. The molecule has 0 radical (unpaired) electrons. The van der Waals surface area contributed by atoms with Crippen molar-refractivity contribution in [3.63, 3.8) is 0 Å². The van der Waals surface area contributed by atoms with Gasteiger partial charge in [-0.3, -0.25) is 27.6 Å². The molecule has 0 saturated carbocycles. The van der Waals surface area contributed by atoms with Crippen LogP contribution in [0.1, 0.15) is 0 Å². The monoisotopic (exact) mass is 1350 g/mol. The Balaban J connectivity index is 1.64. The van der Waals surface area contributed by atoms with Gasteiger partial charge in [-0.1, -0.05) is 37.9 Å². The molecule has 0 bridgehead atoms. The molecule has 78 heavy (non-hydrogen) atoms. The molecule has 0 aromatic heterocycles. The van der Waals surface area contributed by atoms with Gasteiger partial charge in [-0.2, -0.15) is 47.1 Å². The summed E-state index contributed by atoms with van der Waals surface area (Å²) < 4.78 is 202. The smallest absolute Gasteiger partial charge is 0.397 e. The van der Waals surface area contributed by atoms with E-state index < -0.39 is 160 Å². The number of hydrogen-bond acceptors (Lipinski definition) is 21. The number of nitrogens with one attached hydrogen (secondary N) is 2. The normalized spacial score (nSPS) is 13.8. The number of rotatable bonds is 19. The topological polar surface area (TPSA) is 492 Å². The number of carbonyl (C=O) groups excluding carboxylic acids is 1. The summed E-state index contributed by atoms with van der Waals surface area (Å²) in [5.41, 5.74) is 1.12. The number of sulfone groups is 1. The molecule has 0 saturated heterocycles. The van der Waals surface area contributed by atoms with E-state index in [4.69, 9.17) is 21.9 Å². The van der Waals surface area contributed by atoms with Gasteiger partial charge in [0.05, 0.1) is 28.3 Å². The SMILES string of the molecule is C=N/C(=N\C(=N/CCl)Nc1ccc(S(=O)(=O)O)c(N=Nc2c(S(=O)(=O)O)cc3cc(S(=O)(=O)O)c(N=Nc4cc(NC(=O)C(Br)CBr)ccc4S(=O)(=O)O)c(N)c3c2O)c1)N(C)c1cccc(S(=O)(=O)CCOS(=O)(=O)O)c1. The third-order valence-corrected chi connectivity index (χ3v) is 17.9.